The number of aromatic nitrogens is 1. The monoisotopic (exact) mass is 305 g/mol. The van der Waals surface area contributed by atoms with Gasteiger partial charge in [0.05, 0.1) is 5.69 Å². The van der Waals surface area contributed by atoms with Crippen LogP contribution in [0.4, 0.5) is 18.9 Å². The van der Waals surface area contributed by atoms with Crippen molar-refractivity contribution in [3.8, 4) is 0 Å². The third-order valence-electron chi connectivity index (χ3n) is 2.53. The Morgan fingerprint density at radius 2 is 1.90 bits per heavy atom. The second-order valence-corrected chi connectivity index (χ2v) is 5.58. The number of rotatable bonds is 4. The number of benzene rings is 1. The first-order valence-electron chi connectivity index (χ1n) is 5.39. The summed E-state index contributed by atoms with van der Waals surface area (Å²) in [6.07, 6.45) is 1.16. The molecule has 2 aromatic rings. The minimum Gasteiger partial charge on any atom is -0.363 e. The second kappa shape index (κ2) is 5.17. The van der Waals surface area contributed by atoms with Crippen LogP contribution >= 0.6 is 0 Å². The van der Waals surface area contributed by atoms with Gasteiger partial charge in [0.25, 0.3) is 10.0 Å². The van der Waals surface area contributed by atoms with Crippen LogP contribution in [-0.4, -0.2) is 13.4 Å². The van der Waals surface area contributed by atoms with Crippen LogP contribution in [0.5, 0.6) is 0 Å². The van der Waals surface area contributed by atoms with Crippen LogP contribution in [-0.2, 0) is 16.6 Å². The van der Waals surface area contributed by atoms with Gasteiger partial charge in [-0.3, -0.25) is 4.72 Å². The van der Waals surface area contributed by atoms with Gasteiger partial charge < -0.3 is 10.7 Å². The molecule has 1 heterocycles. The maximum absolute atomic E-state index is 13.4. The smallest absolute Gasteiger partial charge is 0.263 e. The highest BCUT2D eigenvalue weighted by Crippen LogP contribution is 2.23. The Bertz CT molecular complexity index is 743. The van der Waals surface area contributed by atoms with E-state index < -0.39 is 33.2 Å². The predicted octanol–water partition coefficient (Wildman–Crippen LogP) is 1.69. The largest absolute Gasteiger partial charge is 0.363 e. The highest BCUT2D eigenvalue weighted by atomic mass is 32.2. The molecule has 0 aliphatic rings. The lowest BCUT2D eigenvalue weighted by molar-refractivity contribution is 0.449. The van der Waals surface area contributed by atoms with Crippen LogP contribution in [0.1, 0.15) is 5.69 Å². The molecule has 20 heavy (non-hydrogen) atoms. The van der Waals surface area contributed by atoms with E-state index in [0.29, 0.717) is 11.8 Å². The molecule has 0 saturated carbocycles. The molecule has 4 N–H and O–H groups in total. The zero-order valence-electron chi connectivity index (χ0n) is 9.95. The molecule has 0 radical (unpaired) electrons. The van der Waals surface area contributed by atoms with Gasteiger partial charge in [0.1, 0.15) is 4.90 Å². The van der Waals surface area contributed by atoms with E-state index in [1.165, 1.54) is 6.07 Å². The van der Waals surface area contributed by atoms with E-state index in [9.17, 15) is 21.6 Å². The number of nitrogens with two attached hydrogens (primary N) is 1. The summed E-state index contributed by atoms with van der Waals surface area (Å²) in [6.45, 7) is 0.0923. The minimum atomic E-state index is -4.12. The summed E-state index contributed by atoms with van der Waals surface area (Å²) in [4.78, 5) is 2.42. The van der Waals surface area contributed by atoms with E-state index >= 15 is 0 Å². The van der Waals surface area contributed by atoms with Crippen molar-refractivity contribution in [1.82, 2.24) is 4.98 Å². The van der Waals surface area contributed by atoms with E-state index in [1.54, 1.807) is 0 Å². The Balaban J connectivity index is 2.36. The molecular weight excluding hydrogens is 295 g/mol. The maximum Gasteiger partial charge on any atom is 0.263 e. The van der Waals surface area contributed by atoms with Gasteiger partial charge >= 0.3 is 0 Å². The number of nitrogens with one attached hydrogen (secondary N) is 2. The third kappa shape index (κ3) is 2.63. The molecule has 0 unspecified atom stereocenters. The molecule has 0 spiro atoms. The molecule has 0 saturated heterocycles. The molecule has 0 fully saturated rings. The number of hydrogen-bond acceptors (Lipinski definition) is 3. The van der Waals surface area contributed by atoms with Crippen molar-refractivity contribution in [3.05, 3.63) is 47.5 Å². The van der Waals surface area contributed by atoms with Crippen molar-refractivity contribution in [3.63, 3.8) is 0 Å². The fourth-order valence-electron chi connectivity index (χ4n) is 1.50. The van der Waals surface area contributed by atoms with Gasteiger partial charge in [-0.05, 0) is 18.2 Å². The second-order valence-electron chi connectivity index (χ2n) is 3.89. The molecule has 5 nitrogen and oxygen atoms in total. The lowest BCUT2D eigenvalue weighted by Crippen LogP contribution is -2.14. The number of aromatic amines is 1. The molecule has 108 valence electrons. The summed E-state index contributed by atoms with van der Waals surface area (Å²) in [7, 11) is -4.12. The summed E-state index contributed by atoms with van der Waals surface area (Å²) >= 11 is 0. The van der Waals surface area contributed by atoms with Gasteiger partial charge in [-0.2, -0.15) is 0 Å². The molecule has 1 aromatic heterocycles. The number of hydrogen-bond donors (Lipinski definition) is 3. The number of anilines is 1. The molecular formula is C11H10F3N3O2S. The first-order chi connectivity index (χ1) is 9.35. The first-order valence-corrected chi connectivity index (χ1v) is 6.87. The van der Waals surface area contributed by atoms with E-state index in [-0.39, 0.29) is 11.4 Å². The summed E-state index contributed by atoms with van der Waals surface area (Å²) < 4.78 is 64.9. The quantitative estimate of drug-likeness (QED) is 0.751. The number of halogens is 3. The summed E-state index contributed by atoms with van der Waals surface area (Å²) in [5, 5.41) is 0. The fraction of sp³-hybridized carbons (Fsp3) is 0.0909. The van der Waals surface area contributed by atoms with Crippen LogP contribution in [0.3, 0.4) is 0 Å². The Hall–Kier alpha value is -2.00. The van der Waals surface area contributed by atoms with Crippen LogP contribution in [0.2, 0.25) is 0 Å². The Morgan fingerprint density at radius 3 is 2.50 bits per heavy atom. The summed E-state index contributed by atoms with van der Waals surface area (Å²) in [5.41, 5.74) is 5.10. The molecule has 0 atom stereocenters. The lowest BCUT2D eigenvalue weighted by atomic mass is 10.3. The standard InChI is InChI=1S/C11H10F3N3O2S/c12-8-1-2-9(11(14)10(8)13)17-20(18,19)7-3-6(4-15)16-5-7/h1-3,5,16-17H,4,15H2. The first kappa shape index (κ1) is 14.4. The van der Waals surface area contributed by atoms with Crippen LogP contribution in [0.15, 0.2) is 29.3 Å². The average molecular weight is 305 g/mol. The van der Waals surface area contributed by atoms with Crippen LogP contribution in [0.25, 0.3) is 0 Å². The van der Waals surface area contributed by atoms with Crippen molar-refractivity contribution >= 4 is 15.7 Å². The van der Waals surface area contributed by atoms with Crippen molar-refractivity contribution in [2.24, 2.45) is 5.73 Å². The van der Waals surface area contributed by atoms with E-state index in [4.69, 9.17) is 5.73 Å². The molecule has 9 heteroatoms. The molecule has 1 aromatic carbocycles. The molecule has 2 rings (SSSR count). The third-order valence-corrected chi connectivity index (χ3v) is 3.87. The molecule has 0 bridgehead atoms. The predicted molar refractivity (Wildman–Crippen MR) is 65.8 cm³/mol. The zero-order chi connectivity index (χ0) is 14.9. The minimum absolute atomic E-state index is 0.0923. The van der Waals surface area contributed by atoms with Crippen LogP contribution in [0, 0.1) is 17.5 Å². The van der Waals surface area contributed by atoms with Gasteiger partial charge in [0.15, 0.2) is 17.5 Å². The lowest BCUT2D eigenvalue weighted by Gasteiger charge is -2.08. The highest BCUT2D eigenvalue weighted by molar-refractivity contribution is 7.92. The number of H-pyrrole nitrogens is 1. The molecule has 0 aliphatic carbocycles. The van der Waals surface area contributed by atoms with Gasteiger partial charge in [0, 0.05) is 18.4 Å². The van der Waals surface area contributed by atoms with E-state index in [0.717, 1.165) is 12.3 Å². The Kier molecular flexibility index (Phi) is 3.73. The number of sulfonamides is 1. The normalized spacial score (nSPS) is 11.6. The highest BCUT2D eigenvalue weighted by Gasteiger charge is 2.20. The maximum atomic E-state index is 13.4. The summed E-state index contributed by atoms with van der Waals surface area (Å²) in [5.74, 6) is -4.76. The molecule has 0 aliphatic heterocycles. The van der Waals surface area contributed by atoms with Crippen molar-refractivity contribution in [1.29, 1.82) is 0 Å². The Morgan fingerprint density at radius 1 is 1.20 bits per heavy atom. The van der Waals surface area contributed by atoms with Crippen molar-refractivity contribution in [2.45, 2.75) is 11.4 Å². The topological polar surface area (TPSA) is 88.0 Å². The average Bonchev–Trinajstić information content (AvgIpc) is 2.89. The summed E-state index contributed by atoms with van der Waals surface area (Å²) in [6, 6.07) is 2.67. The zero-order valence-corrected chi connectivity index (χ0v) is 10.8. The van der Waals surface area contributed by atoms with E-state index in [1.807, 2.05) is 4.72 Å². The van der Waals surface area contributed by atoms with Gasteiger partial charge in [-0.15, -0.1) is 0 Å². The van der Waals surface area contributed by atoms with Crippen LogP contribution < -0.4 is 10.5 Å². The molecule has 0 amide bonds. The van der Waals surface area contributed by atoms with Crippen molar-refractivity contribution < 1.29 is 21.6 Å². The van der Waals surface area contributed by atoms with Gasteiger partial charge in [0.2, 0.25) is 0 Å². The van der Waals surface area contributed by atoms with Gasteiger partial charge in [-0.1, -0.05) is 0 Å². The Labute approximate surface area is 112 Å². The SMILES string of the molecule is NCc1cc(S(=O)(=O)Nc2ccc(F)c(F)c2F)c[nH]1. The fourth-order valence-corrected chi connectivity index (χ4v) is 2.58. The van der Waals surface area contributed by atoms with Crippen molar-refractivity contribution in [2.75, 3.05) is 4.72 Å². The van der Waals surface area contributed by atoms with Gasteiger partial charge in [-0.25, -0.2) is 21.6 Å². The van der Waals surface area contributed by atoms with E-state index in [2.05, 4.69) is 4.98 Å².